The van der Waals surface area contributed by atoms with Crippen LogP contribution in [0.25, 0.3) is 0 Å². The van der Waals surface area contributed by atoms with Crippen molar-refractivity contribution in [2.24, 2.45) is 0 Å². The number of methoxy groups -OCH3 is 2. The zero-order valence-electron chi connectivity index (χ0n) is 16.3. The Morgan fingerprint density at radius 3 is 2.03 bits per heavy atom. The second kappa shape index (κ2) is 13.0. The van der Waals surface area contributed by atoms with Crippen LogP contribution in [0.15, 0.2) is 23.1 Å². The number of alkyl carbamates (subject to hydrolysis) is 2. The first-order valence-corrected chi connectivity index (χ1v) is 10.8. The Bertz CT molecular complexity index is 788. The predicted octanol–water partition coefficient (Wildman–Crippen LogP) is 3.09. The second-order valence-corrected chi connectivity index (χ2v) is 7.99. The number of rotatable bonds is 7. The molecule has 1 aromatic carbocycles. The van der Waals surface area contributed by atoms with Crippen LogP contribution in [0.5, 0.6) is 0 Å². The molecule has 0 aliphatic carbocycles. The minimum Gasteiger partial charge on any atom is -0.453 e. The van der Waals surface area contributed by atoms with Gasteiger partial charge in [-0.3, -0.25) is 14.8 Å². The van der Waals surface area contributed by atoms with E-state index in [9.17, 15) is 13.8 Å². The fraction of sp³-hybridized carbons (Fsp3) is 0.412. The fourth-order valence-corrected chi connectivity index (χ4v) is 3.63. The van der Waals surface area contributed by atoms with E-state index in [0.29, 0.717) is 22.0 Å². The van der Waals surface area contributed by atoms with E-state index in [1.165, 1.54) is 14.2 Å². The van der Waals surface area contributed by atoms with Gasteiger partial charge in [0, 0.05) is 10.6 Å². The molecule has 12 heteroatoms. The summed E-state index contributed by atoms with van der Waals surface area (Å²) >= 11 is 10.1. The summed E-state index contributed by atoms with van der Waals surface area (Å²) in [5.74, 6) is 0.535. The van der Waals surface area contributed by atoms with Gasteiger partial charge in [-0.2, -0.15) is 0 Å². The standard InChI is InChI=1S/C17H24N4O5S3/c1-4-5-6-9-29(24)11-7-8-12(18-14(27)20-16(22)25-2)13(10-11)19-15(28)21-17(23)26-3/h7-8,10H,4-6,9H2,1-3H3,(H2,18,20,22,27)(H2,19,21,23,28). The molecule has 2 amide bonds. The quantitative estimate of drug-likeness (QED) is 0.360. The van der Waals surface area contributed by atoms with Crippen LogP contribution in [0.2, 0.25) is 0 Å². The third kappa shape index (κ3) is 9.15. The number of unbranched alkanes of at least 4 members (excludes halogenated alkanes) is 2. The molecule has 9 nitrogen and oxygen atoms in total. The Kier molecular flexibility index (Phi) is 11.1. The van der Waals surface area contributed by atoms with Gasteiger partial charge in [0.25, 0.3) is 0 Å². The van der Waals surface area contributed by atoms with Gasteiger partial charge in [0.2, 0.25) is 0 Å². The molecule has 0 radical (unpaired) electrons. The van der Waals surface area contributed by atoms with Crippen LogP contribution in [0.4, 0.5) is 21.0 Å². The molecule has 0 bridgehead atoms. The summed E-state index contributed by atoms with van der Waals surface area (Å²) in [6, 6.07) is 4.96. The first kappa shape index (κ1) is 24.7. The number of anilines is 2. The molecular weight excluding hydrogens is 436 g/mol. The number of carbonyl (C=O) groups is 2. The summed E-state index contributed by atoms with van der Waals surface area (Å²) in [6.07, 6.45) is 1.41. The van der Waals surface area contributed by atoms with Crippen LogP contribution in [-0.4, -0.2) is 46.6 Å². The van der Waals surface area contributed by atoms with E-state index in [2.05, 4.69) is 37.7 Å². The molecule has 1 rings (SSSR count). The number of ether oxygens (including phenoxy) is 2. The Balaban J connectivity index is 3.04. The van der Waals surface area contributed by atoms with Crippen molar-refractivity contribution in [2.45, 2.75) is 31.1 Å². The van der Waals surface area contributed by atoms with Crippen molar-refractivity contribution in [3.8, 4) is 0 Å². The second-order valence-electron chi connectivity index (χ2n) is 5.61. The smallest absolute Gasteiger partial charge is 0.413 e. The molecule has 1 aromatic rings. The van der Waals surface area contributed by atoms with Gasteiger partial charge >= 0.3 is 12.2 Å². The normalized spacial score (nSPS) is 11.0. The average molecular weight is 461 g/mol. The zero-order chi connectivity index (χ0) is 21.8. The van der Waals surface area contributed by atoms with Gasteiger partial charge in [-0.25, -0.2) is 9.59 Å². The van der Waals surface area contributed by atoms with Gasteiger partial charge in [0.1, 0.15) is 0 Å². The van der Waals surface area contributed by atoms with Crippen molar-refractivity contribution < 1.29 is 23.3 Å². The lowest BCUT2D eigenvalue weighted by atomic mass is 10.2. The number of carbonyl (C=O) groups excluding carboxylic acids is 2. The van der Waals surface area contributed by atoms with Crippen molar-refractivity contribution >= 4 is 69.0 Å². The zero-order valence-corrected chi connectivity index (χ0v) is 18.8. The molecule has 4 N–H and O–H groups in total. The lowest BCUT2D eigenvalue weighted by Gasteiger charge is -2.16. The van der Waals surface area contributed by atoms with Crippen LogP contribution >= 0.6 is 24.4 Å². The lowest BCUT2D eigenvalue weighted by Crippen LogP contribution is -2.35. The summed E-state index contributed by atoms with van der Waals surface area (Å²) in [5, 5.41) is 10.3. The SMILES string of the molecule is CCCCCS(=O)c1ccc(NC(=S)NC(=O)OC)c(NC(=S)NC(=O)OC)c1. The number of benzene rings is 1. The molecule has 1 atom stereocenters. The predicted molar refractivity (Wildman–Crippen MR) is 121 cm³/mol. The molecular formula is C17H24N4O5S3. The molecule has 0 spiro atoms. The Labute approximate surface area is 182 Å². The van der Waals surface area contributed by atoms with Gasteiger partial charge < -0.3 is 20.1 Å². The van der Waals surface area contributed by atoms with Crippen LogP contribution in [-0.2, 0) is 20.3 Å². The van der Waals surface area contributed by atoms with E-state index >= 15 is 0 Å². The van der Waals surface area contributed by atoms with E-state index in [-0.39, 0.29) is 10.2 Å². The molecule has 0 heterocycles. The van der Waals surface area contributed by atoms with E-state index in [4.69, 9.17) is 24.4 Å². The van der Waals surface area contributed by atoms with Crippen molar-refractivity contribution in [2.75, 3.05) is 30.6 Å². The lowest BCUT2D eigenvalue weighted by molar-refractivity contribution is 0.176. The van der Waals surface area contributed by atoms with Crippen LogP contribution in [0, 0.1) is 0 Å². The number of hydrogen-bond donors (Lipinski definition) is 4. The first-order valence-electron chi connectivity index (χ1n) is 8.65. The Hall–Kier alpha value is -2.31. The van der Waals surface area contributed by atoms with Gasteiger partial charge in [-0.05, 0) is 49.1 Å². The third-order valence-corrected chi connectivity index (χ3v) is 5.33. The third-order valence-electron chi connectivity index (χ3n) is 3.49. The maximum Gasteiger partial charge on any atom is 0.413 e. The fourth-order valence-electron chi connectivity index (χ4n) is 2.07. The molecule has 160 valence electrons. The topological polar surface area (TPSA) is 118 Å². The highest BCUT2D eigenvalue weighted by molar-refractivity contribution is 7.85. The maximum atomic E-state index is 12.5. The molecule has 0 aromatic heterocycles. The van der Waals surface area contributed by atoms with Gasteiger partial charge in [0.05, 0.1) is 36.4 Å². The first-order chi connectivity index (χ1) is 13.8. The van der Waals surface area contributed by atoms with E-state index in [1.807, 2.05) is 0 Å². The summed E-state index contributed by atoms with van der Waals surface area (Å²) < 4.78 is 21.5. The maximum absolute atomic E-state index is 12.5. The number of hydrogen-bond acceptors (Lipinski definition) is 7. The average Bonchev–Trinajstić information content (AvgIpc) is 2.68. The van der Waals surface area contributed by atoms with Crippen molar-refractivity contribution in [3.63, 3.8) is 0 Å². The number of thiocarbonyl (C=S) groups is 2. The monoisotopic (exact) mass is 460 g/mol. The number of amides is 2. The Morgan fingerprint density at radius 2 is 1.52 bits per heavy atom. The highest BCUT2D eigenvalue weighted by Crippen LogP contribution is 2.25. The van der Waals surface area contributed by atoms with Gasteiger partial charge in [-0.15, -0.1) is 0 Å². The largest absolute Gasteiger partial charge is 0.453 e. The van der Waals surface area contributed by atoms with Crippen molar-refractivity contribution in [1.29, 1.82) is 0 Å². The molecule has 0 aliphatic rings. The van der Waals surface area contributed by atoms with Crippen molar-refractivity contribution in [1.82, 2.24) is 10.6 Å². The van der Waals surface area contributed by atoms with Gasteiger partial charge in [-0.1, -0.05) is 19.8 Å². The molecule has 0 saturated carbocycles. The molecule has 0 fully saturated rings. The summed E-state index contributed by atoms with van der Waals surface area (Å²) in [7, 11) is 1.22. The van der Waals surface area contributed by atoms with E-state index in [1.54, 1.807) is 18.2 Å². The van der Waals surface area contributed by atoms with Crippen molar-refractivity contribution in [3.05, 3.63) is 18.2 Å². The summed E-state index contributed by atoms with van der Waals surface area (Å²) in [4.78, 5) is 23.2. The minimum atomic E-state index is -1.20. The highest BCUT2D eigenvalue weighted by Gasteiger charge is 2.13. The van der Waals surface area contributed by atoms with Crippen LogP contribution in [0.1, 0.15) is 26.2 Å². The van der Waals surface area contributed by atoms with Crippen LogP contribution in [0.3, 0.4) is 0 Å². The molecule has 1 unspecified atom stereocenters. The highest BCUT2D eigenvalue weighted by atomic mass is 32.2. The van der Waals surface area contributed by atoms with E-state index in [0.717, 1.165) is 19.3 Å². The number of nitrogens with one attached hydrogen (secondary N) is 4. The summed E-state index contributed by atoms with van der Waals surface area (Å²) in [6.45, 7) is 2.08. The minimum absolute atomic E-state index is 0.0106. The molecule has 0 aliphatic heterocycles. The summed E-state index contributed by atoms with van der Waals surface area (Å²) in [5.41, 5.74) is 0.844. The molecule has 0 saturated heterocycles. The molecule has 29 heavy (non-hydrogen) atoms. The van der Waals surface area contributed by atoms with Gasteiger partial charge in [0.15, 0.2) is 10.2 Å². The van der Waals surface area contributed by atoms with E-state index < -0.39 is 23.0 Å². The van der Waals surface area contributed by atoms with Crippen LogP contribution < -0.4 is 21.3 Å². The Morgan fingerprint density at radius 1 is 0.966 bits per heavy atom.